The lowest BCUT2D eigenvalue weighted by Crippen LogP contribution is -2.07. The zero-order valence-electron chi connectivity index (χ0n) is 11.9. The van der Waals surface area contributed by atoms with Crippen molar-refractivity contribution >= 4 is 0 Å². The average Bonchev–Trinajstić information content (AvgIpc) is 3.03. The SMILES string of the molecule is CCOc1ccc(-c2cccc(C3CCNC3)c2)cc1. The van der Waals surface area contributed by atoms with Gasteiger partial charge in [0.1, 0.15) is 5.75 Å². The van der Waals surface area contributed by atoms with Gasteiger partial charge in [-0.15, -0.1) is 0 Å². The van der Waals surface area contributed by atoms with E-state index in [-0.39, 0.29) is 0 Å². The van der Waals surface area contributed by atoms with E-state index in [1.165, 1.54) is 23.1 Å². The largest absolute Gasteiger partial charge is 0.494 e. The average molecular weight is 267 g/mol. The van der Waals surface area contributed by atoms with Gasteiger partial charge in [-0.05, 0) is 54.6 Å². The summed E-state index contributed by atoms with van der Waals surface area (Å²) in [5.74, 6) is 1.60. The van der Waals surface area contributed by atoms with Crippen LogP contribution in [0.15, 0.2) is 48.5 Å². The van der Waals surface area contributed by atoms with Crippen LogP contribution in [0.2, 0.25) is 0 Å². The van der Waals surface area contributed by atoms with Crippen LogP contribution >= 0.6 is 0 Å². The number of hydrogen-bond acceptors (Lipinski definition) is 2. The van der Waals surface area contributed by atoms with E-state index in [1.807, 2.05) is 19.1 Å². The van der Waals surface area contributed by atoms with Crippen LogP contribution in [-0.4, -0.2) is 19.7 Å². The van der Waals surface area contributed by atoms with E-state index in [0.29, 0.717) is 12.5 Å². The molecule has 0 aromatic heterocycles. The molecule has 1 atom stereocenters. The summed E-state index contributed by atoms with van der Waals surface area (Å²) in [5.41, 5.74) is 3.99. The first-order valence-electron chi connectivity index (χ1n) is 7.40. The molecular formula is C18H21NO. The van der Waals surface area contributed by atoms with Gasteiger partial charge in [-0.25, -0.2) is 0 Å². The van der Waals surface area contributed by atoms with Crippen molar-refractivity contribution in [1.82, 2.24) is 5.32 Å². The third kappa shape index (κ3) is 2.86. The molecule has 0 saturated carbocycles. The maximum Gasteiger partial charge on any atom is 0.119 e. The molecule has 1 N–H and O–H groups in total. The molecule has 2 aromatic carbocycles. The minimum Gasteiger partial charge on any atom is -0.494 e. The fraction of sp³-hybridized carbons (Fsp3) is 0.333. The third-order valence-corrected chi connectivity index (χ3v) is 3.92. The monoisotopic (exact) mass is 267 g/mol. The van der Waals surface area contributed by atoms with Crippen molar-refractivity contribution in [3.63, 3.8) is 0 Å². The molecule has 1 unspecified atom stereocenters. The Balaban J connectivity index is 1.83. The predicted octanol–water partition coefficient (Wildman–Crippen LogP) is 3.83. The second-order valence-electron chi connectivity index (χ2n) is 5.27. The molecule has 20 heavy (non-hydrogen) atoms. The van der Waals surface area contributed by atoms with Crippen LogP contribution in [0.5, 0.6) is 5.75 Å². The number of rotatable bonds is 4. The van der Waals surface area contributed by atoms with Gasteiger partial charge >= 0.3 is 0 Å². The van der Waals surface area contributed by atoms with E-state index >= 15 is 0 Å². The van der Waals surface area contributed by atoms with Crippen LogP contribution in [0.1, 0.15) is 24.8 Å². The Bertz CT molecular complexity index is 556. The maximum atomic E-state index is 5.49. The zero-order valence-corrected chi connectivity index (χ0v) is 11.9. The molecule has 2 nitrogen and oxygen atoms in total. The lowest BCUT2D eigenvalue weighted by Gasteiger charge is -2.11. The Kier molecular flexibility index (Phi) is 4.03. The molecule has 0 radical (unpaired) electrons. The van der Waals surface area contributed by atoms with Crippen molar-refractivity contribution in [3.05, 3.63) is 54.1 Å². The number of ether oxygens (including phenoxy) is 1. The molecule has 1 aliphatic rings. The minimum atomic E-state index is 0.664. The first kappa shape index (κ1) is 13.2. The van der Waals surface area contributed by atoms with Gasteiger partial charge in [0, 0.05) is 6.54 Å². The zero-order chi connectivity index (χ0) is 13.8. The molecule has 2 heteroatoms. The second kappa shape index (κ2) is 6.10. The molecule has 0 amide bonds. The van der Waals surface area contributed by atoms with E-state index < -0.39 is 0 Å². The van der Waals surface area contributed by atoms with E-state index in [4.69, 9.17) is 4.74 Å². The van der Waals surface area contributed by atoms with Gasteiger partial charge in [-0.3, -0.25) is 0 Å². The molecule has 1 saturated heterocycles. The Hall–Kier alpha value is -1.80. The van der Waals surface area contributed by atoms with Crippen LogP contribution < -0.4 is 10.1 Å². The van der Waals surface area contributed by atoms with Gasteiger partial charge in [0.05, 0.1) is 6.61 Å². The van der Waals surface area contributed by atoms with Crippen molar-refractivity contribution < 1.29 is 4.74 Å². The molecular weight excluding hydrogens is 246 g/mol. The van der Waals surface area contributed by atoms with E-state index in [9.17, 15) is 0 Å². The van der Waals surface area contributed by atoms with Crippen molar-refractivity contribution in [3.8, 4) is 16.9 Å². The van der Waals surface area contributed by atoms with E-state index in [0.717, 1.165) is 18.8 Å². The minimum absolute atomic E-state index is 0.664. The topological polar surface area (TPSA) is 21.3 Å². The van der Waals surface area contributed by atoms with Crippen LogP contribution in [0.4, 0.5) is 0 Å². The van der Waals surface area contributed by atoms with Crippen LogP contribution in [0.3, 0.4) is 0 Å². The Labute approximate surface area is 120 Å². The van der Waals surface area contributed by atoms with Gasteiger partial charge in [0.25, 0.3) is 0 Å². The molecule has 0 bridgehead atoms. The first-order chi connectivity index (χ1) is 9.86. The summed E-state index contributed by atoms with van der Waals surface area (Å²) in [6.45, 7) is 4.96. The smallest absolute Gasteiger partial charge is 0.119 e. The molecule has 0 aliphatic carbocycles. The van der Waals surface area contributed by atoms with Crippen LogP contribution in [0.25, 0.3) is 11.1 Å². The number of nitrogens with one attached hydrogen (secondary N) is 1. The highest BCUT2D eigenvalue weighted by Crippen LogP contribution is 2.28. The van der Waals surface area contributed by atoms with Crippen molar-refractivity contribution in [2.45, 2.75) is 19.3 Å². The highest BCUT2D eigenvalue weighted by atomic mass is 16.5. The molecule has 3 rings (SSSR count). The van der Waals surface area contributed by atoms with Crippen molar-refractivity contribution in [2.75, 3.05) is 19.7 Å². The summed E-state index contributed by atoms with van der Waals surface area (Å²) in [7, 11) is 0. The normalized spacial score (nSPS) is 18.1. The van der Waals surface area contributed by atoms with Gasteiger partial charge in [0.15, 0.2) is 0 Å². The van der Waals surface area contributed by atoms with Gasteiger partial charge in [0.2, 0.25) is 0 Å². The van der Waals surface area contributed by atoms with Gasteiger partial charge in [-0.2, -0.15) is 0 Å². The quantitative estimate of drug-likeness (QED) is 0.909. The fourth-order valence-corrected chi connectivity index (χ4v) is 2.82. The van der Waals surface area contributed by atoms with Gasteiger partial charge in [-0.1, -0.05) is 36.4 Å². The van der Waals surface area contributed by atoms with Gasteiger partial charge < -0.3 is 10.1 Å². The highest BCUT2D eigenvalue weighted by Gasteiger charge is 2.16. The third-order valence-electron chi connectivity index (χ3n) is 3.92. The summed E-state index contributed by atoms with van der Waals surface area (Å²) in [4.78, 5) is 0. The predicted molar refractivity (Wildman–Crippen MR) is 83.3 cm³/mol. The fourth-order valence-electron chi connectivity index (χ4n) is 2.82. The molecule has 104 valence electrons. The summed E-state index contributed by atoms with van der Waals surface area (Å²) < 4.78 is 5.49. The Morgan fingerprint density at radius 3 is 2.65 bits per heavy atom. The molecule has 1 aliphatic heterocycles. The number of hydrogen-bond donors (Lipinski definition) is 1. The molecule has 1 fully saturated rings. The van der Waals surface area contributed by atoms with Crippen molar-refractivity contribution in [2.24, 2.45) is 0 Å². The lowest BCUT2D eigenvalue weighted by atomic mass is 9.94. The van der Waals surface area contributed by atoms with Crippen LogP contribution in [0, 0.1) is 0 Å². The summed E-state index contributed by atoms with van der Waals surface area (Å²) in [6.07, 6.45) is 1.24. The summed E-state index contributed by atoms with van der Waals surface area (Å²) >= 11 is 0. The standard InChI is InChI=1S/C18H21NO/c1-2-20-18-8-6-14(7-9-18)15-4-3-5-16(12-15)17-10-11-19-13-17/h3-9,12,17,19H,2,10-11,13H2,1H3. The molecule has 2 aromatic rings. The molecule has 1 heterocycles. The summed E-state index contributed by atoms with van der Waals surface area (Å²) in [5, 5.41) is 3.44. The Morgan fingerprint density at radius 2 is 1.95 bits per heavy atom. The lowest BCUT2D eigenvalue weighted by molar-refractivity contribution is 0.340. The van der Waals surface area contributed by atoms with E-state index in [1.54, 1.807) is 0 Å². The summed E-state index contributed by atoms with van der Waals surface area (Å²) in [6, 6.07) is 17.3. The van der Waals surface area contributed by atoms with Crippen molar-refractivity contribution in [1.29, 1.82) is 0 Å². The Morgan fingerprint density at radius 1 is 1.10 bits per heavy atom. The maximum absolute atomic E-state index is 5.49. The highest BCUT2D eigenvalue weighted by molar-refractivity contribution is 5.65. The second-order valence-corrected chi connectivity index (χ2v) is 5.27. The first-order valence-corrected chi connectivity index (χ1v) is 7.40. The number of benzene rings is 2. The van der Waals surface area contributed by atoms with E-state index in [2.05, 4.69) is 41.7 Å². The van der Waals surface area contributed by atoms with Crippen LogP contribution in [-0.2, 0) is 0 Å². The molecule has 0 spiro atoms.